The SMILES string of the molecule is CC(Nc1cccnc1)C(=O)N1c2ccccc2Sc2ccc(Cl)cc21. The molecule has 6 heteroatoms. The molecule has 4 rings (SSSR count). The van der Waals surface area contributed by atoms with Gasteiger partial charge >= 0.3 is 0 Å². The molecule has 0 aliphatic carbocycles. The van der Waals surface area contributed by atoms with E-state index in [1.54, 1.807) is 29.1 Å². The predicted octanol–water partition coefficient (Wildman–Crippen LogP) is 5.36. The molecule has 1 aliphatic rings. The lowest BCUT2D eigenvalue weighted by atomic mass is 10.1. The smallest absolute Gasteiger partial charge is 0.253 e. The number of aromatic nitrogens is 1. The summed E-state index contributed by atoms with van der Waals surface area (Å²) in [5, 5.41) is 3.83. The van der Waals surface area contributed by atoms with Crippen molar-refractivity contribution >= 4 is 46.3 Å². The van der Waals surface area contributed by atoms with Crippen LogP contribution < -0.4 is 10.2 Å². The third kappa shape index (κ3) is 3.16. The Hall–Kier alpha value is -2.50. The molecule has 1 amide bonds. The zero-order chi connectivity index (χ0) is 18.1. The molecular formula is C20H16ClN3OS. The molecule has 0 bridgehead atoms. The Bertz CT molecular complexity index is 964. The van der Waals surface area contributed by atoms with Crippen molar-refractivity contribution in [1.82, 2.24) is 4.98 Å². The van der Waals surface area contributed by atoms with Gasteiger partial charge in [-0.3, -0.25) is 14.7 Å². The topological polar surface area (TPSA) is 45.2 Å². The number of pyridine rings is 1. The fraction of sp³-hybridized carbons (Fsp3) is 0.100. The molecule has 1 unspecified atom stereocenters. The zero-order valence-corrected chi connectivity index (χ0v) is 15.6. The highest BCUT2D eigenvalue weighted by Crippen LogP contribution is 2.49. The number of rotatable bonds is 3. The van der Waals surface area contributed by atoms with Crippen LogP contribution in [-0.4, -0.2) is 16.9 Å². The number of nitrogens with zero attached hydrogens (tertiary/aromatic N) is 2. The van der Waals surface area contributed by atoms with Crippen LogP contribution in [0.5, 0.6) is 0 Å². The van der Waals surface area contributed by atoms with Gasteiger partial charge < -0.3 is 5.32 Å². The van der Waals surface area contributed by atoms with Gasteiger partial charge in [-0.1, -0.05) is 35.5 Å². The summed E-state index contributed by atoms with van der Waals surface area (Å²) in [5.74, 6) is -0.0508. The van der Waals surface area contributed by atoms with E-state index >= 15 is 0 Å². The number of amides is 1. The number of fused-ring (bicyclic) bond motifs is 2. The second kappa shape index (κ2) is 7.02. The molecule has 130 valence electrons. The van der Waals surface area contributed by atoms with Gasteiger partial charge in [0.1, 0.15) is 6.04 Å². The van der Waals surface area contributed by atoms with Gasteiger partial charge in [0.05, 0.1) is 17.1 Å². The number of anilines is 3. The fourth-order valence-corrected chi connectivity index (χ4v) is 4.12. The van der Waals surface area contributed by atoms with E-state index in [0.717, 1.165) is 26.9 Å². The number of benzene rings is 2. The van der Waals surface area contributed by atoms with Gasteiger partial charge in [0.15, 0.2) is 0 Å². The monoisotopic (exact) mass is 381 g/mol. The Kier molecular flexibility index (Phi) is 4.57. The van der Waals surface area contributed by atoms with Gasteiger partial charge in [0.25, 0.3) is 5.91 Å². The summed E-state index contributed by atoms with van der Waals surface area (Å²) in [7, 11) is 0. The summed E-state index contributed by atoms with van der Waals surface area (Å²) in [6.45, 7) is 1.85. The summed E-state index contributed by atoms with van der Waals surface area (Å²) < 4.78 is 0. The number of hydrogen-bond acceptors (Lipinski definition) is 4. The highest BCUT2D eigenvalue weighted by Gasteiger charge is 2.31. The molecule has 0 saturated heterocycles. The maximum absolute atomic E-state index is 13.3. The first-order chi connectivity index (χ1) is 12.6. The van der Waals surface area contributed by atoms with Crippen molar-refractivity contribution in [3.8, 4) is 0 Å². The summed E-state index contributed by atoms with van der Waals surface area (Å²) in [6.07, 6.45) is 3.41. The Labute approximate surface area is 161 Å². The standard InChI is InChI=1S/C20H16ClN3OS/c1-13(23-15-5-4-10-22-12-15)20(25)24-16-6-2-3-7-18(16)26-19-9-8-14(21)11-17(19)24/h2-13,23H,1H3. The highest BCUT2D eigenvalue weighted by atomic mass is 35.5. The lowest BCUT2D eigenvalue weighted by molar-refractivity contribution is -0.118. The maximum atomic E-state index is 13.3. The van der Waals surface area contributed by atoms with Crippen LogP contribution in [0.3, 0.4) is 0 Å². The molecule has 0 saturated carbocycles. The molecule has 4 nitrogen and oxygen atoms in total. The number of para-hydroxylation sites is 1. The molecule has 1 aliphatic heterocycles. The van der Waals surface area contributed by atoms with Crippen LogP contribution in [0.4, 0.5) is 17.1 Å². The molecule has 1 aromatic heterocycles. The van der Waals surface area contributed by atoms with E-state index in [2.05, 4.69) is 10.3 Å². The van der Waals surface area contributed by atoms with Crippen molar-refractivity contribution in [1.29, 1.82) is 0 Å². The molecule has 26 heavy (non-hydrogen) atoms. The van der Waals surface area contributed by atoms with Crippen molar-refractivity contribution in [2.24, 2.45) is 0 Å². The zero-order valence-electron chi connectivity index (χ0n) is 14.0. The maximum Gasteiger partial charge on any atom is 0.253 e. The Morgan fingerprint density at radius 2 is 1.92 bits per heavy atom. The van der Waals surface area contributed by atoms with Crippen LogP contribution in [-0.2, 0) is 4.79 Å². The minimum absolute atomic E-state index is 0.0508. The molecule has 2 aromatic carbocycles. The number of halogens is 1. The Balaban J connectivity index is 1.73. The van der Waals surface area contributed by atoms with E-state index in [1.807, 2.05) is 61.5 Å². The van der Waals surface area contributed by atoms with Gasteiger partial charge in [-0.15, -0.1) is 0 Å². The van der Waals surface area contributed by atoms with Crippen molar-refractivity contribution in [3.63, 3.8) is 0 Å². The molecule has 0 fully saturated rings. The first-order valence-corrected chi connectivity index (χ1v) is 9.40. The van der Waals surface area contributed by atoms with Crippen molar-refractivity contribution in [2.75, 3.05) is 10.2 Å². The van der Waals surface area contributed by atoms with Crippen LogP contribution in [0.15, 0.2) is 76.8 Å². The summed E-state index contributed by atoms with van der Waals surface area (Å²) >= 11 is 7.86. The van der Waals surface area contributed by atoms with Gasteiger partial charge in [0, 0.05) is 27.2 Å². The van der Waals surface area contributed by atoms with Crippen LogP contribution in [0, 0.1) is 0 Å². The summed E-state index contributed by atoms with van der Waals surface area (Å²) in [4.78, 5) is 21.2. The number of hydrogen-bond donors (Lipinski definition) is 1. The average molecular weight is 382 g/mol. The Morgan fingerprint density at radius 3 is 2.73 bits per heavy atom. The van der Waals surface area contributed by atoms with Crippen molar-refractivity contribution < 1.29 is 4.79 Å². The van der Waals surface area contributed by atoms with Crippen LogP contribution in [0.2, 0.25) is 5.02 Å². The highest BCUT2D eigenvalue weighted by molar-refractivity contribution is 7.99. The average Bonchev–Trinajstić information content (AvgIpc) is 2.66. The minimum Gasteiger partial charge on any atom is -0.373 e. The molecule has 1 N–H and O–H groups in total. The quantitative estimate of drug-likeness (QED) is 0.662. The van der Waals surface area contributed by atoms with Crippen molar-refractivity contribution in [3.05, 3.63) is 72.0 Å². The number of carbonyl (C=O) groups is 1. The molecule has 1 atom stereocenters. The lowest BCUT2D eigenvalue weighted by Gasteiger charge is -2.33. The van der Waals surface area contributed by atoms with Gasteiger partial charge in [-0.05, 0) is 49.4 Å². The predicted molar refractivity (Wildman–Crippen MR) is 106 cm³/mol. The van der Waals surface area contributed by atoms with E-state index in [1.165, 1.54) is 0 Å². The molecule has 0 spiro atoms. The normalized spacial score (nSPS) is 13.5. The summed E-state index contributed by atoms with van der Waals surface area (Å²) in [5.41, 5.74) is 2.49. The van der Waals surface area contributed by atoms with E-state index < -0.39 is 6.04 Å². The van der Waals surface area contributed by atoms with E-state index in [-0.39, 0.29) is 5.91 Å². The van der Waals surface area contributed by atoms with Crippen molar-refractivity contribution in [2.45, 2.75) is 22.8 Å². The fourth-order valence-electron chi connectivity index (χ4n) is 2.92. The first-order valence-electron chi connectivity index (χ1n) is 8.20. The van der Waals surface area contributed by atoms with Gasteiger partial charge in [-0.25, -0.2) is 0 Å². The third-order valence-corrected chi connectivity index (χ3v) is 5.49. The van der Waals surface area contributed by atoms with E-state index in [4.69, 9.17) is 11.6 Å². The van der Waals surface area contributed by atoms with Crippen LogP contribution in [0.1, 0.15) is 6.92 Å². The lowest BCUT2D eigenvalue weighted by Crippen LogP contribution is -2.39. The molecule has 0 radical (unpaired) electrons. The molecule has 3 aromatic rings. The number of carbonyl (C=O) groups excluding carboxylic acids is 1. The van der Waals surface area contributed by atoms with Crippen LogP contribution >= 0.6 is 23.4 Å². The van der Waals surface area contributed by atoms with Crippen LogP contribution in [0.25, 0.3) is 0 Å². The number of nitrogens with one attached hydrogen (secondary N) is 1. The van der Waals surface area contributed by atoms with Gasteiger partial charge in [-0.2, -0.15) is 0 Å². The second-order valence-electron chi connectivity index (χ2n) is 5.96. The first kappa shape index (κ1) is 16.9. The van der Waals surface area contributed by atoms with Gasteiger partial charge in [0.2, 0.25) is 0 Å². The molecule has 2 heterocycles. The second-order valence-corrected chi connectivity index (χ2v) is 7.48. The Morgan fingerprint density at radius 1 is 1.12 bits per heavy atom. The third-order valence-electron chi connectivity index (χ3n) is 4.12. The van der Waals surface area contributed by atoms with E-state index in [0.29, 0.717) is 5.02 Å². The summed E-state index contributed by atoms with van der Waals surface area (Å²) in [6, 6.07) is 16.8. The largest absolute Gasteiger partial charge is 0.373 e. The van der Waals surface area contributed by atoms with E-state index in [9.17, 15) is 4.79 Å². The molecular weight excluding hydrogens is 366 g/mol. The minimum atomic E-state index is -0.429.